The van der Waals surface area contributed by atoms with Crippen LogP contribution in [0.2, 0.25) is 0 Å². The lowest BCUT2D eigenvalue weighted by Gasteiger charge is -2.47. The van der Waals surface area contributed by atoms with E-state index in [1.54, 1.807) is 18.2 Å². The van der Waals surface area contributed by atoms with Gasteiger partial charge >= 0.3 is 0 Å². The van der Waals surface area contributed by atoms with E-state index in [0.29, 0.717) is 58.3 Å². The third-order valence-electron chi connectivity index (χ3n) is 6.77. The number of para-hydroxylation sites is 1. The van der Waals surface area contributed by atoms with Crippen molar-refractivity contribution >= 4 is 40.5 Å². The van der Waals surface area contributed by atoms with Crippen molar-refractivity contribution in [3.63, 3.8) is 0 Å². The highest BCUT2D eigenvalue weighted by atomic mass is 31.2. The van der Waals surface area contributed by atoms with Crippen LogP contribution in [0.3, 0.4) is 0 Å². The van der Waals surface area contributed by atoms with Gasteiger partial charge in [0.2, 0.25) is 0 Å². The van der Waals surface area contributed by atoms with E-state index < -0.39 is 7.36 Å². The Labute approximate surface area is 211 Å². The van der Waals surface area contributed by atoms with Crippen molar-refractivity contribution in [3.05, 3.63) is 70.8 Å². The molecule has 2 fully saturated rings. The number of rotatable bonds is 6. The average molecular weight is 510 g/mol. The van der Waals surface area contributed by atoms with Gasteiger partial charge in [-0.15, -0.1) is 0 Å². The van der Waals surface area contributed by atoms with Crippen molar-refractivity contribution in [2.45, 2.75) is 0 Å². The monoisotopic (exact) mass is 509 g/mol. The van der Waals surface area contributed by atoms with Gasteiger partial charge < -0.3 is 14.4 Å². The Balaban J connectivity index is 1.88. The maximum atomic E-state index is 12.0. The van der Waals surface area contributed by atoms with Gasteiger partial charge in [0.15, 0.2) is 0 Å². The van der Waals surface area contributed by atoms with Gasteiger partial charge in [-0.05, 0) is 23.6 Å². The molecular formula is C26H32N5O4P. The summed E-state index contributed by atoms with van der Waals surface area (Å²) in [5.41, 5.74) is 1.56. The van der Waals surface area contributed by atoms with E-state index in [1.165, 1.54) is 0 Å². The molecule has 3 aromatic rings. The van der Waals surface area contributed by atoms with E-state index in [2.05, 4.69) is 50.6 Å². The second-order valence-electron chi connectivity index (χ2n) is 9.09. The highest BCUT2D eigenvalue weighted by Crippen LogP contribution is 2.60. The maximum absolute atomic E-state index is 12.0. The Morgan fingerprint density at radius 3 is 1.97 bits per heavy atom. The first-order chi connectivity index (χ1) is 17.5. The number of nitrogens with zero attached hydrogens (tertiary/aromatic N) is 5. The van der Waals surface area contributed by atoms with Crippen molar-refractivity contribution < 1.29 is 14.4 Å². The lowest BCUT2D eigenvalue weighted by Crippen LogP contribution is -2.46. The fraction of sp³-hybridized carbons (Fsp3) is 0.385. The van der Waals surface area contributed by atoms with Gasteiger partial charge in [0.1, 0.15) is 13.0 Å². The Bertz CT molecular complexity index is 1280. The Morgan fingerprint density at radius 1 is 0.833 bits per heavy atom. The molecule has 5 rings (SSSR count). The molecular weight excluding hydrogens is 477 g/mol. The molecule has 0 unspecified atom stereocenters. The van der Waals surface area contributed by atoms with Crippen molar-refractivity contribution in [1.82, 2.24) is 9.34 Å². The number of hydrogen-bond acceptors (Lipinski definition) is 6. The van der Waals surface area contributed by atoms with Crippen LogP contribution in [0.15, 0.2) is 65.4 Å². The van der Waals surface area contributed by atoms with Gasteiger partial charge in [-0.1, -0.05) is 36.4 Å². The van der Waals surface area contributed by atoms with E-state index >= 15 is 0 Å². The minimum Gasteiger partial charge on any atom is -0.379 e. The summed E-state index contributed by atoms with van der Waals surface area (Å²) >= 11 is 0. The first-order valence-corrected chi connectivity index (χ1v) is 13.9. The highest BCUT2D eigenvalue weighted by Gasteiger charge is 2.40. The Kier molecular flexibility index (Phi) is 7.37. The smallest absolute Gasteiger partial charge is 0.294 e. The predicted octanol–water partition coefficient (Wildman–Crippen LogP) is 4.47. The summed E-state index contributed by atoms with van der Waals surface area (Å²) in [7, 11) is 1.42. The summed E-state index contributed by atoms with van der Waals surface area (Å²) in [4.78, 5) is 13.8. The number of ether oxygens (including phenoxy) is 2. The van der Waals surface area contributed by atoms with Crippen molar-refractivity contribution in [2.75, 3.05) is 71.6 Å². The van der Waals surface area contributed by atoms with Gasteiger partial charge in [-0.3, -0.25) is 10.1 Å². The molecule has 0 aliphatic carbocycles. The molecule has 0 spiro atoms. The largest absolute Gasteiger partial charge is 0.379 e. The number of nitro groups is 1. The number of benzene rings is 3. The summed E-state index contributed by atoms with van der Waals surface area (Å²) in [6.07, 6.45) is 0. The van der Waals surface area contributed by atoms with Crippen LogP contribution < -0.4 is 10.2 Å². The zero-order valence-electron chi connectivity index (χ0n) is 20.7. The maximum Gasteiger partial charge on any atom is 0.294 e. The zero-order valence-corrected chi connectivity index (χ0v) is 21.6. The summed E-state index contributed by atoms with van der Waals surface area (Å²) in [6, 6.07) is 19.6. The standard InChI is InChI=1S/C26H32N5O4P/c1-28(2)24-11-12-26(22-8-4-3-7-21(22)24)36(29-13-17-34-18-14-29,30-15-19-35-20-16-30)27-23-9-5-6-10-25(23)31(32)33/h3-12H,13-20H2,1-2H3. The molecule has 0 N–H and O–H groups in total. The summed E-state index contributed by atoms with van der Waals surface area (Å²) in [6.45, 7) is 5.24. The molecule has 9 nitrogen and oxygen atoms in total. The topological polar surface area (TPSA) is 83.7 Å². The van der Waals surface area contributed by atoms with Gasteiger partial charge in [-0.2, -0.15) is 0 Å². The second-order valence-corrected chi connectivity index (χ2v) is 12.0. The van der Waals surface area contributed by atoms with Crippen LogP contribution in [0, 0.1) is 10.1 Å². The number of fused-ring (bicyclic) bond motifs is 1. The highest BCUT2D eigenvalue weighted by molar-refractivity contribution is 7.70. The summed E-state index contributed by atoms with van der Waals surface area (Å²) < 4.78 is 21.8. The molecule has 0 amide bonds. The van der Waals surface area contributed by atoms with Crippen LogP contribution in [0.25, 0.3) is 10.8 Å². The lowest BCUT2D eigenvalue weighted by molar-refractivity contribution is -0.384. The average Bonchev–Trinajstić information content (AvgIpc) is 2.92. The lowest BCUT2D eigenvalue weighted by atomic mass is 10.1. The fourth-order valence-corrected chi connectivity index (χ4v) is 9.13. The summed E-state index contributed by atoms with van der Waals surface area (Å²) in [5, 5.41) is 15.4. The van der Waals surface area contributed by atoms with E-state index in [0.717, 1.165) is 21.8 Å². The predicted molar refractivity (Wildman–Crippen MR) is 145 cm³/mol. The molecule has 10 heteroatoms. The van der Waals surface area contributed by atoms with Gasteiger partial charge in [0, 0.05) is 62.7 Å². The van der Waals surface area contributed by atoms with Crippen molar-refractivity contribution in [3.8, 4) is 0 Å². The zero-order chi connectivity index (χ0) is 25.1. The number of hydrogen-bond donors (Lipinski definition) is 0. The van der Waals surface area contributed by atoms with Gasteiger partial charge in [0.05, 0.1) is 31.4 Å². The molecule has 2 aliphatic heterocycles. The van der Waals surface area contributed by atoms with E-state index in [4.69, 9.17) is 14.2 Å². The van der Waals surface area contributed by atoms with Crippen LogP contribution in [0.5, 0.6) is 0 Å². The molecule has 36 heavy (non-hydrogen) atoms. The van der Waals surface area contributed by atoms with Crippen LogP contribution in [-0.4, -0.2) is 81.0 Å². The molecule has 2 heterocycles. The molecule has 2 saturated heterocycles. The normalized spacial score (nSPS) is 17.7. The molecule has 2 aliphatic rings. The second kappa shape index (κ2) is 10.7. The molecule has 0 atom stereocenters. The van der Waals surface area contributed by atoms with Gasteiger partial charge in [-0.25, -0.2) is 14.1 Å². The first-order valence-electron chi connectivity index (χ1n) is 12.2. The number of anilines is 1. The molecule has 3 aromatic carbocycles. The molecule has 190 valence electrons. The Hall–Kier alpha value is -2.81. The minimum absolute atomic E-state index is 0.0256. The quantitative estimate of drug-likeness (QED) is 0.276. The summed E-state index contributed by atoms with van der Waals surface area (Å²) in [5.74, 6) is 0. The van der Waals surface area contributed by atoms with Crippen LogP contribution in [0.1, 0.15) is 0 Å². The van der Waals surface area contributed by atoms with E-state index in [-0.39, 0.29) is 10.6 Å². The SMILES string of the molecule is CN(C)c1ccc(P(=Nc2ccccc2[N+](=O)[O-])(N2CCOCC2)N2CCOCC2)c2ccccc12. The van der Waals surface area contributed by atoms with Crippen LogP contribution >= 0.6 is 7.36 Å². The van der Waals surface area contributed by atoms with Crippen LogP contribution in [-0.2, 0) is 9.47 Å². The van der Waals surface area contributed by atoms with Gasteiger partial charge in [0.25, 0.3) is 5.69 Å². The van der Waals surface area contributed by atoms with Crippen molar-refractivity contribution in [2.24, 2.45) is 4.74 Å². The Morgan fingerprint density at radius 2 is 1.39 bits per heavy atom. The minimum atomic E-state index is -2.67. The molecule has 0 bridgehead atoms. The third-order valence-corrected chi connectivity index (χ3v) is 10.7. The number of nitro benzene ring substituents is 1. The van der Waals surface area contributed by atoms with E-state index in [9.17, 15) is 10.1 Å². The third kappa shape index (κ3) is 4.53. The first kappa shape index (κ1) is 24.9. The fourth-order valence-electron chi connectivity index (χ4n) is 5.10. The van der Waals surface area contributed by atoms with E-state index in [1.807, 2.05) is 20.2 Å². The molecule has 0 radical (unpaired) electrons. The van der Waals surface area contributed by atoms with Crippen LogP contribution in [0.4, 0.5) is 17.1 Å². The number of morpholine rings is 2. The molecule has 0 aromatic heterocycles. The van der Waals surface area contributed by atoms with Crippen molar-refractivity contribution in [1.29, 1.82) is 0 Å². The molecule has 0 saturated carbocycles.